The first-order valence-corrected chi connectivity index (χ1v) is 6.40. The van der Waals surface area contributed by atoms with Gasteiger partial charge in [0.05, 0.1) is 6.61 Å². The van der Waals surface area contributed by atoms with Crippen molar-refractivity contribution in [3.63, 3.8) is 0 Å². The third-order valence-electron chi connectivity index (χ3n) is 2.79. The van der Waals surface area contributed by atoms with Crippen LogP contribution in [0.1, 0.15) is 32.3 Å². The lowest BCUT2D eigenvalue weighted by Gasteiger charge is -2.12. The number of rotatable bonds is 6. The molecule has 0 bridgehead atoms. The average molecular weight is 255 g/mol. The number of benzene rings is 1. The Kier molecular flexibility index (Phi) is 4.17. The van der Waals surface area contributed by atoms with Gasteiger partial charge in [-0.2, -0.15) is 0 Å². The summed E-state index contributed by atoms with van der Waals surface area (Å²) in [6.07, 6.45) is 2.31. The van der Waals surface area contributed by atoms with E-state index in [2.05, 4.69) is 5.32 Å². The second-order valence-corrected chi connectivity index (χ2v) is 5.25. The highest BCUT2D eigenvalue weighted by Crippen LogP contribution is 2.25. The summed E-state index contributed by atoms with van der Waals surface area (Å²) in [4.78, 5) is 0. The Bertz CT molecular complexity index is 393. The van der Waals surface area contributed by atoms with Crippen LogP contribution in [0.25, 0.3) is 0 Å². The molecule has 100 valence electrons. The lowest BCUT2D eigenvalue weighted by molar-refractivity contribution is 0.247. The number of hydrogen-bond donors (Lipinski definition) is 1. The Morgan fingerprint density at radius 1 is 1.28 bits per heavy atom. The second-order valence-electron chi connectivity index (χ2n) is 5.25. The van der Waals surface area contributed by atoms with Gasteiger partial charge in [-0.05, 0) is 36.5 Å². The molecule has 1 aromatic rings. The molecule has 4 heteroatoms. The molecular formula is C14H19F2NO. The van der Waals surface area contributed by atoms with E-state index in [1.54, 1.807) is 0 Å². The molecule has 0 aliphatic heterocycles. The van der Waals surface area contributed by atoms with Crippen molar-refractivity contribution in [2.24, 2.45) is 5.92 Å². The zero-order chi connectivity index (χ0) is 13.1. The maximum atomic E-state index is 13.7. The quantitative estimate of drug-likeness (QED) is 0.842. The van der Waals surface area contributed by atoms with Gasteiger partial charge in [-0.1, -0.05) is 13.8 Å². The maximum absolute atomic E-state index is 13.7. The maximum Gasteiger partial charge on any atom is 0.190 e. The van der Waals surface area contributed by atoms with Gasteiger partial charge in [-0.15, -0.1) is 0 Å². The molecule has 0 amide bonds. The van der Waals surface area contributed by atoms with Crippen LogP contribution in [0.15, 0.2) is 12.1 Å². The highest BCUT2D eigenvalue weighted by Gasteiger charge is 2.20. The molecule has 0 aromatic heterocycles. The lowest BCUT2D eigenvalue weighted by atomic mass is 10.2. The molecule has 0 heterocycles. The van der Waals surface area contributed by atoms with Crippen molar-refractivity contribution in [2.45, 2.75) is 39.3 Å². The summed E-state index contributed by atoms with van der Waals surface area (Å²) in [5, 5.41) is 3.22. The molecule has 1 fully saturated rings. The van der Waals surface area contributed by atoms with Gasteiger partial charge in [0.1, 0.15) is 0 Å². The second kappa shape index (κ2) is 5.65. The predicted octanol–water partition coefficient (Wildman–Crippen LogP) is 3.25. The van der Waals surface area contributed by atoms with Gasteiger partial charge in [-0.25, -0.2) is 8.78 Å². The van der Waals surface area contributed by atoms with E-state index in [9.17, 15) is 8.78 Å². The summed E-state index contributed by atoms with van der Waals surface area (Å²) in [6.45, 7) is 4.68. The molecule has 2 rings (SSSR count). The monoisotopic (exact) mass is 255 g/mol. The number of ether oxygens (including phenoxy) is 1. The van der Waals surface area contributed by atoms with E-state index in [0.717, 1.165) is 12.8 Å². The van der Waals surface area contributed by atoms with Crippen molar-refractivity contribution in [1.82, 2.24) is 5.32 Å². The molecule has 0 radical (unpaired) electrons. The van der Waals surface area contributed by atoms with Gasteiger partial charge in [0.2, 0.25) is 0 Å². The average Bonchev–Trinajstić information content (AvgIpc) is 3.08. The van der Waals surface area contributed by atoms with E-state index in [-0.39, 0.29) is 11.7 Å². The van der Waals surface area contributed by atoms with Crippen LogP contribution in [0.5, 0.6) is 5.75 Å². The normalized spacial score (nSPS) is 15.2. The molecule has 1 saturated carbocycles. The first-order valence-electron chi connectivity index (χ1n) is 6.40. The Morgan fingerprint density at radius 2 is 1.89 bits per heavy atom. The van der Waals surface area contributed by atoms with Crippen LogP contribution >= 0.6 is 0 Å². The summed E-state index contributed by atoms with van der Waals surface area (Å²) in [5.41, 5.74) is 0.619. The first-order chi connectivity index (χ1) is 8.56. The van der Waals surface area contributed by atoms with Gasteiger partial charge in [-0.3, -0.25) is 0 Å². The molecule has 0 spiro atoms. The van der Waals surface area contributed by atoms with Crippen molar-refractivity contribution >= 4 is 0 Å². The topological polar surface area (TPSA) is 21.3 Å². The first kappa shape index (κ1) is 13.3. The SMILES string of the molecule is CC(C)COc1c(F)cc(CNC2CC2)cc1F. The minimum absolute atomic E-state index is 0.236. The molecular weight excluding hydrogens is 236 g/mol. The van der Waals surface area contributed by atoms with E-state index in [1.165, 1.54) is 12.1 Å². The number of hydrogen-bond acceptors (Lipinski definition) is 2. The van der Waals surface area contributed by atoms with Crippen LogP contribution in [-0.4, -0.2) is 12.6 Å². The van der Waals surface area contributed by atoms with Gasteiger partial charge >= 0.3 is 0 Å². The standard InChI is InChI=1S/C14H19F2NO/c1-9(2)8-18-14-12(15)5-10(6-13(14)16)7-17-11-3-4-11/h5-6,9,11,17H,3-4,7-8H2,1-2H3. The van der Waals surface area contributed by atoms with E-state index in [0.29, 0.717) is 24.8 Å². The Morgan fingerprint density at radius 3 is 2.39 bits per heavy atom. The molecule has 1 N–H and O–H groups in total. The molecule has 1 aliphatic carbocycles. The fraction of sp³-hybridized carbons (Fsp3) is 0.571. The molecule has 0 atom stereocenters. The Labute approximate surface area is 106 Å². The molecule has 0 unspecified atom stereocenters. The molecule has 1 aliphatic rings. The van der Waals surface area contributed by atoms with Crippen molar-refractivity contribution in [1.29, 1.82) is 0 Å². The van der Waals surface area contributed by atoms with Gasteiger partial charge in [0.25, 0.3) is 0 Å². The van der Waals surface area contributed by atoms with Crippen LogP contribution in [-0.2, 0) is 6.54 Å². The number of nitrogens with one attached hydrogen (secondary N) is 1. The van der Waals surface area contributed by atoms with Gasteiger partial charge in [0.15, 0.2) is 17.4 Å². The third-order valence-corrected chi connectivity index (χ3v) is 2.79. The van der Waals surface area contributed by atoms with Crippen LogP contribution in [0.3, 0.4) is 0 Å². The van der Waals surface area contributed by atoms with Crippen molar-refractivity contribution in [2.75, 3.05) is 6.61 Å². The van der Waals surface area contributed by atoms with Crippen LogP contribution in [0.2, 0.25) is 0 Å². The fourth-order valence-electron chi connectivity index (χ4n) is 1.65. The molecule has 1 aromatic carbocycles. The van der Waals surface area contributed by atoms with Crippen LogP contribution in [0, 0.1) is 17.6 Å². The predicted molar refractivity (Wildman–Crippen MR) is 66.6 cm³/mol. The highest BCUT2D eigenvalue weighted by molar-refractivity contribution is 5.31. The number of halogens is 2. The minimum atomic E-state index is -0.622. The van der Waals surface area contributed by atoms with Crippen LogP contribution in [0.4, 0.5) is 8.78 Å². The molecule has 2 nitrogen and oxygen atoms in total. The summed E-state index contributed by atoms with van der Waals surface area (Å²) in [5.74, 6) is -1.27. The smallest absolute Gasteiger partial charge is 0.190 e. The van der Waals surface area contributed by atoms with E-state index in [1.807, 2.05) is 13.8 Å². The summed E-state index contributed by atoms with van der Waals surface area (Å²) >= 11 is 0. The zero-order valence-corrected chi connectivity index (χ0v) is 10.8. The minimum Gasteiger partial charge on any atom is -0.487 e. The summed E-state index contributed by atoms with van der Waals surface area (Å²) < 4.78 is 32.6. The van der Waals surface area contributed by atoms with Gasteiger partial charge in [0, 0.05) is 12.6 Å². The zero-order valence-electron chi connectivity index (χ0n) is 10.8. The lowest BCUT2D eigenvalue weighted by Crippen LogP contribution is -2.16. The van der Waals surface area contributed by atoms with Gasteiger partial charge < -0.3 is 10.1 Å². The summed E-state index contributed by atoms with van der Waals surface area (Å²) in [7, 11) is 0. The van der Waals surface area contributed by atoms with E-state index < -0.39 is 11.6 Å². The van der Waals surface area contributed by atoms with Crippen LogP contribution < -0.4 is 10.1 Å². The molecule has 18 heavy (non-hydrogen) atoms. The van der Waals surface area contributed by atoms with E-state index >= 15 is 0 Å². The van der Waals surface area contributed by atoms with Crippen molar-refractivity contribution in [3.05, 3.63) is 29.3 Å². The van der Waals surface area contributed by atoms with Crippen molar-refractivity contribution in [3.8, 4) is 5.75 Å². The third kappa shape index (κ3) is 3.67. The largest absolute Gasteiger partial charge is 0.487 e. The Hall–Kier alpha value is -1.16. The molecule has 0 saturated heterocycles. The highest BCUT2D eigenvalue weighted by atomic mass is 19.1. The summed E-state index contributed by atoms with van der Waals surface area (Å²) in [6, 6.07) is 3.20. The Balaban J connectivity index is 2.02. The fourth-order valence-corrected chi connectivity index (χ4v) is 1.65. The van der Waals surface area contributed by atoms with Crippen molar-refractivity contribution < 1.29 is 13.5 Å². The van der Waals surface area contributed by atoms with E-state index in [4.69, 9.17) is 4.74 Å².